The Morgan fingerprint density at radius 1 is 1.21 bits per heavy atom. The number of carbonyl (C=O) groups excluding carboxylic acids is 1. The fourth-order valence-electron chi connectivity index (χ4n) is 4.31. The number of anilines is 1. The first-order chi connectivity index (χ1) is 18.6. The van der Waals surface area contributed by atoms with Gasteiger partial charge in [0, 0.05) is 23.1 Å². The molecule has 0 aliphatic carbocycles. The molecular formula is C29H28F3N5O2. The summed E-state index contributed by atoms with van der Waals surface area (Å²) in [6.07, 6.45) is -1.87. The SMILES string of the molecule is CC(C)N1CCC(COc2ccc(-c3ncc(C(F)(F)F)[nH]3)cc2NC(=O)C#Cc2cccc(C#N)c2)CC1. The topological polar surface area (TPSA) is 94.0 Å². The zero-order valence-electron chi connectivity index (χ0n) is 21.6. The minimum absolute atomic E-state index is 0.00448. The number of nitrogens with zero attached hydrogens (tertiary/aromatic N) is 3. The molecule has 3 aromatic rings. The van der Waals surface area contributed by atoms with E-state index in [9.17, 15) is 18.0 Å². The van der Waals surface area contributed by atoms with Gasteiger partial charge >= 0.3 is 12.1 Å². The summed E-state index contributed by atoms with van der Waals surface area (Å²) >= 11 is 0. The predicted octanol–water partition coefficient (Wildman–Crippen LogP) is 5.46. The van der Waals surface area contributed by atoms with Gasteiger partial charge < -0.3 is 19.9 Å². The van der Waals surface area contributed by atoms with E-state index in [4.69, 9.17) is 10.00 Å². The lowest BCUT2D eigenvalue weighted by Gasteiger charge is -2.34. The van der Waals surface area contributed by atoms with Crippen LogP contribution in [0.25, 0.3) is 11.4 Å². The van der Waals surface area contributed by atoms with Gasteiger partial charge in [-0.25, -0.2) is 4.98 Å². The van der Waals surface area contributed by atoms with Crippen LogP contribution in [0, 0.1) is 29.1 Å². The molecule has 0 unspecified atom stereocenters. The van der Waals surface area contributed by atoms with E-state index in [1.807, 2.05) is 6.07 Å². The third-order valence-electron chi connectivity index (χ3n) is 6.55. The van der Waals surface area contributed by atoms with Crippen molar-refractivity contribution in [3.8, 4) is 35.0 Å². The van der Waals surface area contributed by atoms with Crippen LogP contribution >= 0.6 is 0 Å². The van der Waals surface area contributed by atoms with Crippen LogP contribution in [0.5, 0.6) is 5.75 Å². The maximum Gasteiger partial charge on any atom is 0.432 e. The summed E-state index contributed by atoms with van der Waals surface area (Å²) in [5.41, 5.74) is 0.552. The van der Waals surface area contributed by atoms with Crippen molar-refractivity contribution < 1.29 is 22.7 Å². The van der Waals surface area contributed by atoms with Crippen molar-refractivity contribution in [1.29, 1.82) is 5.26 Å². The van der Waals surface area contributed by atoms with Gasteiger partial charge in [0.1, 0.15) is 17.3 Å². The lowest BCUT2D eigenvalue weighted by molar-refractivity contribution is -0.140. The van der Waals surface area contributed by atoms with Crippen molar-refractivity contribution >= 4 is 11.6 Å². The number of amides is 1. The number of nitrogens with one attached hydrogen (secondary N) is 2. The third kappa shape index (κ3) is 7.40. The van der Waals surface area contributed by atoms with Gasteiger partial charge in [-0.1, -0.05) is 12.0 Å². The number of alkyl halides is 3. The van der Waals surface area contributed by atoms with Gasteiger partial charge in [0.05, 0.1) is 30.1 Å². The van der Waals surface area contributed by atoms with E-state index in [0.29, 0.717) is 41.0 Å². The van der Waals surface area contributed by atoms with E-state index in [0.717, 1.165) is 32.1 Å². The van der Waals surface area contributed by atoms with E-state index in [1.54, 1.807) is 36.4 Å². The Bertz CT molecular complexity index is 1420. The molecule has 0 spiro atoms. The molecule has 2 N–H and O–H groups in total. The standard InChI is InChI=1S/C29H28F3N5O2/c1-19(2)37-12-10-21(11-13-37)18-39-25-8-7-23(28-34-17-26(36-28)29(30,31)32)15-24(25)35-27(38)9-6-20-4-3-5-22(14-20)16-33/h3-5,7-8,14-15,17,19,21H,10-13,18H2,1-2H3,(H,34,36)(H,35,38). The van der Waals surface area contributed by atoms with E-state index < -0.39 is 17.8 Å². The molecule has 0 bridgehead atoms. The van der Waals surface area contributed by atoms with Crippen LogP contribution < -0.4 is 10.1 Å². The van der Waals surface area contributed by atoms with Gasteiger partial charge in [-0.2, -0.15) is 18.4 Å². The molecule has 0 radical (unpaired) electrons. The fraction of sp³-hybridized carbons (Fsp3) is 0.345. The molecule has 1 aromatic heterocycles. The van der Waals surface area contributed by atoms with Crippen LogP contribution in [0.4, 0.5) is 18.9 Å². The highest BCUT2D eigenvalue weighted by Crippen LogP contribution is 2.33. The highest BCUT2D eigenvalue weighted by atomic mass is 19.4. The van der Waals surface area contributed by atoms with Crippen molar-refractivity contribution in [2.45, 2.75) is 38.9 Å². The number of benzene rings is 2. The highest BCUT2D eigenvalue weighted by Gasteiger charge is 2.33. The molecule has 10 heteroatoms. The molecule has 4 rings (SSSR count). The summed E-state index contributed by atoms with van der Waals surface area (Å²) in [6.45, 7) is 6.76. The average Bonchev–Trinajstić information content (AvgIpc) is 3.43. The van der Waals surface area contributed by atoms with Crippen molar-refractivity contribution in [1.82, 2.24) is 14.9 Å². The van der Waals surface area contributed by atoms with Crippen LogP contribution in [0.15, 0.2) is 48.7 Å². The molecule has 1 fully saturated rings. The van der Waals surface area contributed by atoms with Crippen molar-refractivity contribution in [3.05, 3.63) is 65.5 Å². The molecule has 39 heavy (non-hydrogen) atoms. The number of ether oxygens (including phenoxy) is 1. The Balaban J connectivity index is 1.54. The predicted molar refractivity (Wildman–Crippen MR) is 141 cm³/mol. The van der Waals surface area contributed by atoms with Gasteiger partial charge in [0.15, 0.2) is 0 Å². The highest BCUT2D eigenvalue weighted by molar-refractivity contribution is 6.05. The molecule has 1 aliphatic rings. The number of carbonyl (C=O) groups is 1. The smallest absolute Gasteiger partial charge is 0.432 e. The monoisotopic (exact) mass is 535 g/mol. The zero-order valence-corrected chi connectivity index (χ0v) is 21.6. The number of aromatic nitrogens is 2. The van der Waals surface area contributed by atoms with Gasteiger partial charge in [0.25, 0.3) is 0 Å². The summed E-state index contributed by atoms with van der Waals surface area (Å²) in [7, 11) is 0. The molecule has 2 heterocycles. The lowest BCUT2D eigenvalue weighted by Crippen LogP contribution is -2.39. The lowest BCUT2D eigenvalue weighted by atomic mass is 9.97. The van der Waals surface area contributed by atoms with Crippen LogP contribution in [-0.4, -0.2) is 46.5 Å². The molecule has 202 valence electrons. The molecule has 1 saturated heterocycles. The van der Waals surface area contributed by atoms with Crippen molar-refractivity contribution in [2.75, 3.05) is 25.0 Å². The van der Waals surface area contributed by atoms with Gasteiger partial charge in [0.2, 0.25) is 0 Å². The number of likely N-dealkylation sites (tertiary alicyclic amines) is 1. The average molecular weight is 536 g/mol. The van der Waals surface area contributed by atoms with Crippen molar-refractivity contribution in [2.24, 2.45) is 5.92 Å². The first-order valence-corrected chi connectivity index (χ1v) is 12.6. The number of H-pyrrole nitrogens is 1. The maximum atomic E-state index is 13.1. The van der Waals surface area contributed by atoms with Crippen LogP contribution in [0.2, 0.25) is 0 Å². The summed E-state index contributed by atoms with van der Waals surface area (Å²) in [5.74, 6) is 5.30. The number of aromatic amines is 1. The Kier molecular flexibility index (Phi) is 8.58. The minimum Gasteiger partial charge on any atom is -0.491 e. The first kappa shape index (κ1) is 27.7. The Morgan fingerprint density at radius 3 is 2.62 bits per heavy atom. The molecule has 1 amide bonds. The maximum absolute atomic E-state index is 13.1. The van der Waals surface area contributed by atoms with Gasteiger partial charge in [-0.15, -0.1) is 0 Å². The van der Waals surface area contributed by atoms with E-state index in [1.165, 1.54) is 6.07 Å². The van der Waals surface area contributed by atoms with Crippen LogP contribution in [0.1, 0.15) is 43.5 Å². The Labute approximate surface area is 225 Å². The van der Waals surface area contributed by atoms with Crippen LogP contribution in [0.3, 0.4) is 0 Å². The largest absolute Gasteiger partial charge is 0.491 e. The normalized spacial score (nSPS) is 14.4. The number of imidazole rings is 1. The number of piperidine rings is 1. The third-order valence-corrected chi connectivity index (χ3v) is 6.55. The summed E-state index contributed by atoms with van der Waals surface area (Å²) in [6, 6.07) is 13.7. The number of rotatable bonds is 6. The molecular weight excluding hydrogens is 507 g/mol. The van der Waals surface area contributed by atoms with E-state index >= 15 is 0 Å². The second-order valence-corrected chi connectivity index (χ2v) is 9.64. The second-order valence-electron chi connectivity index (χ2n) is 9.64. The van der Waals surface area contributed by atoms with Gasteiger partial charge in [-0.3, -0.25) is 4.79 Å². The molecule has 0 atom stereocenters. The number of hydrogen-bond acceptors (Lipinski definition) is 5. The summed E-state index contributed by atoms with van der Waals surface area (Å²) in [4.78, 5) is 21.2. The number of halogens is 3. The zero-order chi connectivity index (χ0) is 28.0. The number of hydrogen-bond donors (Lipinski definition) is 2. The minimum atomic E-state index is -4.56. The summed E-state index contributed by atoms with van der Waals surface area (Å²) in [5, 5.41) is 11.7. The summed E-state index contributed by atoms with van der Waals surface area (Å²) < 4.78 is 45.3. The fourth-order valence-corrected chi connectivity index (χ4v) is 4.31. The van der Waals surface area contributed by atoms with E-state index in [2.05, 4.69) is 45.9 Å². The Morgan fingerprint density at radius 2 is 1.95 bits per heavy atom. The Hall–Kier alpha value is -4.28. The molecule has 0 saturated carbocycles. The molecule has 1 aliphatic heterocycles. The second kappa shape index (κ2) is 12.1. The van der Waals surface area contributed by atoms with Crippen molar-refractivity contribution in [3.63, 3.8) is 0 Å². The van der Waals surface area contributed by atoms with E-state index in [-0.39, 0.29) is 11.5 Å². The van der Waals surface area contributed by atoms with Crippen LogP contribution in [-0.2, 0) is 11.0 Å². The quantitative estimate of drug-likeness (QED) is 0.409. The molecule has 7 nitrogen and oxygen atoms in total. The van der Waals surface area contributed by atoms with Gasteiger partial charge in [-0.05, 0) is 82.1 Å². The first-order valence-electron chi connectivity index (χ1n) is 12.6. The molecule has 2 aromatic carbocycles. The number of nitriles is 1.